The summed E-state index contributed by atoms with van der Waals surface area (Å²) < 4.78 is 10.2. The fraction of sp³-hybridized carbons (Fsp3) is 0.364. The molecule has 0 aliphatic rings. The molecule has 0 spiro atoms. The van der Waals surface area contributed by atoms with Crippen molar-refractivity contribution in [2.45, 2.75) is 13.0 Å². The third-order valence-corrected chi connectivity index (χ3v) is 2.29. The Labute approximate surface area is 103 Å². The summed E-state index contributed by atoms with van der Waals surface area (Å²) in [4.78, 5) is 21.0. The van der Waals surface area contributed by atoms with Crippen LogP contribution < -0.4 is 4.74 Å². The molecule has 1 N–H and O–H groups in total. The van der Waals surface area contributed by atoms with E-state index in [-0.39, 0.29) is 18.5 Å². The van der Waals surface area contributed by atoms with Crippen LogP contribution >= 0.6 is 0 Å². The standard InChI is InChI=1S/C11H13NO6/c1-7(17-2)6-18-9-5-3-4-8(12(15)16)10(9)11(13)14/h3-5,7H,6H2,1-2H3,(H,13,14). The number of nitrogens with zero attached hydrogens (tertiary/aromatic N) is 1. The second kappa shape index (κ2) is 5.97. The zero-order valence-electron chi connectivity index (χ0n) is 9.95. The molecule has 0 amide bonds. The molecule has 0 heterocycles. The van der Waals surface area contributed by atoms with Crippen molar-refractivity contribution in [1.82, 2.24) is 0 Å². The Bertz CT molecular complexity index is 459. The van der Waals surface area contributed by atoms with Gasteiger partial charge in [-0.15, -0.1) is 0 Å². The number of methoxy groups -OCH3 is 1. The highest BCUT2D eigenvalue weighted by Crippen LogP contribution is 2.28. The molecule has 0 aromatic heterocycles. The van der Waals surface area contributed by atoms with E-state index in [1.54, 1.807) is 6.92 Å². The number of hydrogen-bond acceptors (Lipinski definition) is 5. The first-order valence-electron chi connectivity index (χ1n) is 5.13. The Kier molecular flexibility index (Phi) is 4.61. The van der Waals surface area contributed by atoms with E-state index in [9.17, 15) is 14.9 Å². The molecule has 0 aliphatic carbocycles. The summed E-state index contributed by atoms with van der Waals surface area (Å²) in [6.45, 7) is 1.84. The molecule has 1 unspecified atom stereocenters. The van der Waals surface area contributed by atoms with E-state index in [0.29, 0.717) is 0 Å². The van der Waals surface area contributed by atoms with E-state index in [4.69, 9.17) is 14.6 Å². The normalized spacial score (nSPS) is 11.9. The third kappa shape index (κ3) is 3.17. The first kappa shape index (κ1) is 13.9. The maximum atomic E-state index is 11.0. The molecule has 0 fully saturated rings. The smallest absolute Gasteiger partial charge is 0.346 e. The topological polar surface area (TPSA) is 98.9 Å². The van der Waals surface area contributed by atoms with Crippen molar-refractivity contribution in [2.75, 3.05) is 13.7 Å². The molecule has 1 aromatic rings. The lowest BCUT2D eigenvalue weighted by molar-refractivity contribution is -0.385. The second-order valence-electron chi connectivity index (χ2n) is 3.57. The average molecular weight is 255 g/mol. The van der Waals surface area contributed by atoms with E-state index in [1.807, 2.05) is 0 Å². The maximum absolute atomic E-state index is 11.0. The van der Waals surface area contributed by atoms with Gasteiger partial charge in [-0.1, -0.05) is 6.07 Å². The number of carbonyl (C=O) groups is 1. The van der Waals surface area contributed by atoms with Crippen molar-refractivity contribution >= 4 is 11.7 Å². The number of carboxylic acids is 1. The van der Waals surface area contributed by atoms with Crippen LogP contribution in [0.3, 0.4) is 0 Å². The summed E-state index contributed by atoms with van der Waals surface area (Å²) >= 11 is 0. The minimum atomic E-state index is -1.40. The molecule has 7 heteroatoms. The van der Waals surface area contributed by atoms with Crippen molar-refractivity contribution in [1.29, 1.82) is 0 Å². The highest BCUT2D eigenvalue weighted by molar-refractivity contribution is 5.95. The second-order valence-corrected chi connectivity index (χ2v) is 3.57. The third-order valence-electron chi connectivity index (χ3n) is 2.29. The van der Waals surface area contributed by atoms with Crippen LogP contribution in [0.25, 0.3) is 0 Å². The van der Waals surface area contributed by atoms with Crippen molar-refractivity contribution in [2.24, 2.45) is 0 Å². The molecule has 18 heavy (non-hydrogen) atoms. The maximum Gasteiger partial charge on any atom is 0.346 e. The summed E-state index contributed by atoms with van der Waals surface area (Å²) in [7, 11) is 1.49. The van der Waals surface area contributed by atoms with Crippen LogP contribution in [-0.4, -0.2) is 35.8 Å². The zero-order chi connectivity index (χ0) is 13.7. The van der Waals surface area contributed by atoms with Gasteiger partial charge in [0.25, 0.3) is 5.69 Å². The Hall–Kier alpha value is -2.15. The fourth-order valence-electron chi connectivity index (χ4n) is 1.28. The highest BCUT2D eigenvalue weighted by atomic mass is 16.6. The predicted molar refractivity (Wildman–Crippen MR) is 62.0 cm³/mol. The summed E-state index contributed by atoms with van der Waals surface area (Å²) in [5, 5.41) is 19.7. The lowest BCUT2D eigenvalue weighted by atomic mass is 10.1. The number of hydrogen-bond donors (Lipinski definition) is 1. The van der Waals surface area contributed by atoms with Crippen molar-refractivity contribution in [3.05, 3.63) is 33.9 Å². The molecule has 1 rings (SSSR count). The largest absolute Gasteiger partial charge is 0.490 e. The summed E-state index contributed by atoms with van der Waals surface area (Å²) in [6.07, 6.45) is -0.245. The van der Waals surface area contributed by atoms with E-state index in [0.717, 1.165) is 6.07 Å². The quantitative estimate of drug-likeness (QED) is 0.613. The lowest BCUT2D eigenvalue weighted by Crippen LogP contribution is -2.17. The molecular weight excluding hydrogens is 242 g/mol. The fourth-order valence-corrected chi connectivity index (χ4v) is 1.28. The Morgan fingerprint density at radius 2 is 2.22 bits per heavy atom. The number of ether oxygens (including phenoxy) is 2. The van der Waals surface area contributed by atoms with Crippen LogP contribution in [0.15, 0.2) is 18.2 Å². The lowest BCUT2D eigenvalue weighted by Gasteiger charge is -2.12. The van der Waals surface area contributed by atoms with Gasteiger partial charge in [-0.3, -0.25) is 10.1 Å². The Balaban J connectivity index is 3.07. The summed E-state index contributed by atoms with van der Waals surface area (Å²) in [5.74, 6) is -1.44. The summed E-state index contributed by atoms with van der Waals surface area (Å²) in [6, 6.07) is 3.87. The van der Waals surface area contributed by atoms with Gasteiger partial charge in [0, 0.05) is 13.2 Å². The van der Waals surface area contributed by atoms with Gasteiger partial charge in [0.2, 0.25) is 0 Å². The number of carboxylic acid groups (broad SMARTS) is 1. The molecule has 0 bridgehead atoms. The van der Waals surface area contributed by atoms with E-state index < -0.39 is 22.1 Å². The van der Waals surface area contributed by atoms with Crippen LogP contribution in [0.1, 0.15) is 17.3 Å². The SMILES string of the molecule is COC(C)COc1cccc([N+](=O)[O-])c1C(=O)O. The molecule has 7 nitrogen and oxygen atoms in total. The van der Waals surface area contributed by atoms with E-state index >= 15 is 0 Å². The van der Waals surface area contributed by atoms with Crippen molar-refractivity contribution in [3.8, 4) is 5.75 Å². The van der Waals surface area contributed by atoms with E-state index in [1.165, 1.54) is 19.2 Å². The Morgan fingerprint density at radius 1 is 1.56 bits per heavy atom. The number of nitro groups is 1. The highest BCUT2D eigenvalue weighted by Gasteiger charge is 2.24. The molecule has 98 valence electrons. The van der Waals surface area contributed by atoms with Crippen molar-refractivity contribution in [3.63, 3.8) is 0 Å². The van der Waals surface area contributed by atoms with Gasteiger partial charge in [0.15, 0.2) is 5.56 Å². The van der Waals surface area contributed by atoms with Gasteiger partial charge < -0.3 is 14.6 Å². The van der Waals surface area contributed by atoms with Gasteiger partial charge in [0.05, 0.1) is 11.0 Å². The Morgan fingerprint density at radius 3 is 2.72 bits per heavy atom. The molecule has 0 saturated carbocycles. The molecular formula is C11H13NO6. The minimum Gasteiger partial charge on any atom is -0.490 e. The first-order chi connectivity index (χ1) is 8.47. The number of aromatic carboxylic acids is 1. The average Bonchev–Trinajstić information content (AvgIpc) is 2.34. The number of benzene rings is 1. The zero-order valence-corrected chi connectivity index (χ0v) is 9.95. The van der Waals surface area contributed by atoms with Crippen LogP contribution in [0.5, 0.6) is 5.75 Å². The van der Waals surface area contributed by atoms with E-state index in [2.05, 4.69) is 0 Å². The molecule has 1 aromatic carbocycles. The van der Waals surface area contributed by atoms with Crippen LogP contribution in [0, 0.1) is 10.1 Å². The van der Waals surface area contributed by atoms with Crippen molar-refractivity contribution < 1.29 is 24.3 Å². The number of nitro benzene ring substituents is 1. The monoisotopic (exact) mass is 255 g/mol. The van der Waals surface area contributed by atoms with Gasteiger partial charge in [-0.25, -0.2) is 4.79 Å². The van der Waals surface area contributed by atoms with Crippen LogP contribution in [0.2, 0.25) is 0 Å². The predicted octanol–water partition coefficient (Wildman–Crippen LogP) is 1.71. The molecule has 0 aliphatic heterocycles. The molecule has 0 radical (unpaired) electrons. The number of rotatable bonds is 6. The molecule has 0 saturated heterocycles. The van der Waals surface area contributed by atoms with Gasteiger partial charge >= 0.3 is 5.97 Å². The van der Waals surface area contributed by atoms with Crippen LogP contribution in [0.4, 0.5) is 5.69 Å². The van der Waals surface area contributed by atoms with Gasteiger partial charge in [-0.05, 0) is 13.0 Å². The van der Waals surface area contributed by atoms with Gasteiger partial charge in [-0.2, -0.15) is 0 Å². The van der Waals surface area contributed by atoms with Crippen LogP contribution in [-0.2, 0) is 4.74 Å². The minimum absolute atomic E-state index is 0.0411. The molecule has 1 atom stereocenters. The first-order valence-corrected chi connectivity index (χ1v) is 5.13. The summed E-state index contributed by atoms with van der Waals surface area (Å²) in [5.41, 5.74) is -0.948. The van der Waals surface area contributed by atoms with Gasteiger partial charge in [0.1, 0.15) is 12.4 Å².